The number of methoxy groups -OCH3 is 4. The number of benzene rings is 2. The molecule has 9 heteroatoms. The van der Waals surface area contributed by atoms with Crippen molar-refractivity contribution >= 4 is 23.9 Å². The van der Waals surface area contributed by atoms with E-state index in [1.54, 1.807) is 44.3 Å². The molecule has 4 rings (SSSR count). The minimum Gasteiger partial charge on any atom is -0.493 e. The van der Waals surface area contributed by atoms with Crippen LogP contribution in [-0.4, -0.2) is 62.3 Å². The molecule has 0 aliphatic carbocycles. The number of aromatic nitrogens is 1. The number of allylic oxidation sites excluding steroid dienone is 1. The van der Waals surface area contributed by atoms with Gasteiger partial charge in [0.1, 0.15) is 0 Å². The zero-order valence-corrected chi connectivity index (χ0v) is 24.4. The van der Waals surface area contributed by atoms with E-state index >= 15 is 0 Å². The number of carbonyl (C=O) groups is 3. The first kappa shape index (κ1) is 29.2. The standard InChI is InChI=1S/C32H34N2O7/c1-19-16-23(20(2)34(19)26-11-9-8-10-24(26)31(36)40-6)18-25-29(32(37)41-7)21(3)33(30(25)35)15-14-22-12-13-27(38-4)28(17-22)39-5/h8-13,16-18H,14-15H2,1-7H3/b25-18-. The molecule has 2 aromatic carbocycles. The molecule has 0 bridgehead atoms. The van der Waals surface area contributed by atoms with Gasteiger partial charge in [-0.05, 0) is 74.7 Å². The molecule has 214 valence electrons. The smallest absolute Gasteiger partial charge is 0.340 e. The SMILES string of the molecule is COC(=O)C1=C(C)N(CCc2ccc(OC)c(OC)c2)C(=O)/C1=C\c1cc(C)n(-c2ccccc2C(=O)OC)c1C. The summed E-state index contributed by atoms with van der Waals surface area (Å²) in [5.74, 6) is -0.0982. The van der Waals surface area contributed by atoms with Gasteiger partial charge in [-0.1, -0.05) is 18.2 Å². The number of para-hydroxylation sites is 1. The van der Waals surface area contributed by atoms with Crippen LogP contribution in [0, 0.1) is 13.8 Å². The first-order chi connectivity index (χ1) is 19.7. The Labute approximate surface area is 239 Å². The molecule has 1 aliphatic heterocycles. The summed E-state index contributed by atoms with van der Waals surface area (Å²) in [5, 5.41) is 0. The van der Waals surface area contributed by atoms with E-state index in [1.807, 2.05) is 54.8 Å². The van der Waals surface area contributed by atoms with Gasteiger partial charge in [-0.2, -0.15) is 0 Å². The fraction of sp³-hybridized carbons (Fsp3) is 0.281. The quantitative estimate of drug-likeness (QED) is 0.275. The third-order valence-corrected chi connectivity index (χ3v) is 7.29. The van der Waals surface area contributed by atoms with E-state index in [2.05, 4.69) is 0 Å². The average Bonchev–Trinajstić information content (AvgIpc) is 3.40. The molecule has 9 nitrogen and oxygen atoms in total. The molecule has 0 atom stereocenters. The normalized spacial score (nSPS) is 14.1. The fourth-order valence-corrected chi connectivity index (χ4v) is 5.19. The lowest BCUT2D eigenvalue weighted by Crippen LogP contribution is -2.27. The number of nitrogens with zero attached hydrogens (tertiary/aromatic N) is 2. The highest BCUT2D eigenvalue weighted by Crippen LogP contribution is 2.34. The van der Waals surface area contributed by atoms with Crippen LogP contribution in [-0.2, 0) is 25.5 Å². The predicted octanol–water partition coefficient (Wildman–Crippen LogP) is 4.81. The van der Waals surface area contributed by atoms with Crippen molar-refractivity contribution in [2.75, 3.05) is 35.0 Å². The monoisotopic (exact) mass is 558 g/mol. The van der Waals surface area contributed by atoms with Crippen LogP contribution in [0.25, 0.3) is 11.8 Å². The van der Waals surface area contributed by atoms with E-state index in [4.69, 9.17) is 18.9 Å². The molecule has 2 heterocycles. The summed E-state index contributed by atoms with van der Waals surface area (Å²) in [5.41, 5.74) is 5.42. The van der Waals surface area contributed by atoms with Crippen LogP contribution in [0.3, 0.4) is 0 Å². The molecule has 0 fully saturated rings. The zero-order chi connectivity index (χ0) is 29.8. The number of hydrogen-bond acceptors (Lipinski definition) is 7. The molecular weight excluding hydrogens is 524 g/mol. The molecule has 1 aromatic heterocycles. The molecule has 1 amide bonds. The van der Waals surface area contributed by atoms with Gasteiger partial charge >= 0.3 is 11.9 Å². The molecular formula is C32H34N2O7. The third kappa shape index (κ3) is 5.48. The summed E-state index contributed by atoms with van der Waals surface area (Å²) in [4.78, 5) is 40.7. The van der Waals surface area contributed by atoms with Crippen molar-refractivity contribution in [3.63, 3.8) is 0 Å². The summed E-state index contributed by atoms with van der Waals surface area (Å²) in [6.45, 7) is 5.91. The first-order valence-corrected chi connectivity index (χ1v) is 13.1. The number of carbonyl (C=O) groups excluding carboxylic acids is 3. The Hall–Kier alpha value is -4.79. The molecule has 1 aliphatic rings. The van der Waals surface area contributed by atoms with Crippen LogP contribution >= 0.6 is 0 Å². The van der Waals surface area contributed by atoms with Gasteiger partial charge in [0, 0.05) is 23.6 Å². The Balaban J connectivity index is 1.72. The van der Waals surface area contributed by atoms with E-state index in [9.17, 15) is 14.4 Å². The topological polar surface area (TPSA) is 96.3 Å². The summed E-state index contributed by atoms with van der Waals surface area (Å²) in [6, 6.07) is 14.7. The minimum absolute atomic E-state index is 0.226. The maximum atomic E-state index is 13.7. The van der Waals surface area contributed by atoms with Crippen molar-refractivity contribution in [1.29, 1.82) is 0 Å². The van der Waals surface area contributed by atoms with Gasteiger partial charge in [0.05, 0.1) is 50.8 Å². The second-order valence-corrected chi connectivity index (χ2v) is 9.58. The third-order valence-electron chi connectivity index (χ3n) is 7.29. The summed E-state index contributed by atoms with van der Waals surface area (Å²) in [6.07, 6.45) is 2.25. The van der Waals surface area contributed by atoms with Gasteiger partial charge in [0.2, 0.25) is 0 Å². The Morgan fingerprint density at radius 3 is 2.20 bits per heavy atom. The fourth-order valence-electron chi connectivity index (χ4n) is 5.19. The zero-order valence-electron chi connectivity index (χ0n) is 24.4. The van der Waals surface area contributed by atoms with Gasteiger partial charge < -0.3 is 28.4 Å². The maximum absolute atomic E-state index is 13.7. The van der Waals surface area contributed by atoms with Crippen LogP contribution in [0.2, 0.25) is 0 Å². The predicted molar refractivity (Wildman–Crippen MR) is 154 cm³/mol. The Kier molecular flexibility index (Phi) is 8.66. The number of aryl methyl sites for hydroxylation is 1. The maximum Gasteiger partial charge on any atom is 0.340 e. The highest BCUT2D eigenvalue weighted by atomic mass is 16.5. The lowest BCUT2D eigenvalue weighted by molar-refractivity contribution is -0.136. The molecule has 0 saturated heterocycles. The molecule has 0 spiro atoms. The van der Waals surface area contributed by atoms with Crippen molar-refractivity contribution in [3.8, 4) is 17.2 Å². The lowest BCUT2D eigenvalue weighted by atomic mass is 10.0. The average molecular weight is 559 g/mol. The highest BCUT2D eigenvalue weighted by molar-refractivity contribution is 6.16. The van der Waals surface area contributed by atoms with Crippen molar-refractivity contribution < 1.29 is 33.3 Å². The van der Waals surface area contributed by atoms with Gasteiger partial charge in [-0.15, -0.1) is 0 Å². The van der Waals surface area contributed by atoms with Crippen LogP contribution < -0.4 is 9.47 Å². The Bertz CT molecular complexity index is 1580. The molecule has 3 aromatic rings. The van der Waals surface area contributed by atoms with Crippen LogP contribution in [0.15, 0.2) is 65.4 Å². The highest BCUT2D eigenvalue weighted by Gasteiger charge is 2.37. The van der Waals surface area contributed by atoms with Crippen LogP contribution in [0.5, 0.6) is 11.5 Å². The number of ether oxygens (including phenoxy) is 4. The molecule has 0 radical (unpaired) electrons. The molecule has 41 heavy (non-hydrogen) atoms. The Morgan fingerprint density at radius 2 is 1.54 bits per heavy atom. The van der Waals surface area contributed by atoms with Gasteiger partial charge in [-0.25, -0.2) is 9.59 Å². The molecule has 0 unspecified atom stereocenters. The number of rotatable bonds is 9. The first-order valence-electron chi connectivity index (χ1n) is 13.1. The van der Waals surface area contributed by atoms with E-state index in [-0.39, 0.29) is 17.1 Å². The van der Waals surface area contributed by atoms with Crippen LogP contribution in [0.4, 0.5) is 0 Å². The van der Waals surface area contributed by atoms with Crippen molar-refractivity contribution in [3.05, 3.63) is 93.5 Å². The van der Waals surface area contributed by atoms with Crippen molar-refractivity contribution in [1.82, 2.24) is 9.47 Å². The van der Waals surface area contributed by atoms with E-state index in [1.165, 1.54) is 14.2 Å². The van der Waals surface area contributed by atoms with Crippen LogP contribution in [0.1, 0.15) is 39.8 Å². The minimum atomic E-state index is -0.583. The number of amides is 1. The van der Waals surface area contributed by atoms with Gasteiger partial charge in [-0.3, -0.25) is 4.79 Å². The van der Waals surface area contributed by atoms with Crippen molar-refractivity contribution in [2.24, 2.45) is 0 Å². The second kappa shape index (κ2) is 12.2. The summed E-state index contributed by atoms with van der Waals surface area (Å²) >= 11 is 0. The van der Waals surface area contributed by atoms with Crippen molar-refractivity contribution in [2.45, 2.75) is 27.2 Å². The Morgan fingerprint density at radius 1 is 0.854 bits per heavy atom. The number of esters is 2. The summed E-state index contributed by atoms with van der Waals surface area (Å²) < 4.78 is 22.7. The van der Waals surface area contributed by atoms with Gasteiger partial charge in [0.15, 0.2) is 11.5 Å². The lowest BCUT2D eigenvalue weighted by Gasteiger charge is -2.18. The largest absolute Gasteiger partial charge is 0.493 e. The van der Waals surface area contributed by atoms with E-state index in [0.29, 0.717) is 41.4 Å². The van der Waals surface area contributed by atoms with Gasteiger partial charge in [0.25, 0.3) is 5.91 Å². The molecule has 0 N–H and O–H groups in total. The molecule has 0 saturated carbocycles. The number of hydrogen-bond donors (Lipinski definition) is 0. The van der Waals surface area contributed by atoms with E-state index in [0.717, 1.165) is 22.5 Å². The second-order valence-electron chi connectivity index (χ2n) is 9.58. The van der Waals surface area contributed by atoms with E-state index < -0.39 is 11.9 Å². The summed E-state index contributed by atoms with van der Waals surface area (Å²) in [7, 11) is 5.79.